The third kappa shape index (κ3) is 4.34. The van der Waals surface area contributed by atoms with Crippen LogP contribution in [-0.2, 0) is 16.6 Å². The highest BCUT2D eigenvalue weighted by molar-refractivity contribution is 7.89. The minimum atomic E-state index is -3.57. The molecular formula is C22H32N4O3S. The van der Waals surface area contributed by atoms with Crippen LogP contribution in [0, 0.1) is 0 Å². The van der Waals surface area contributed by atoms with Crippen LogP contribution in [0.1, 0.15) is 45.4 Å². The van der Waals surface area contributed by atoms with E-state index in [1.54, 1.807) is 17.0 Å². The summed E-state index contributed by atoms with van der Waals surface area (Å²) in [4.78, 5) is 14.6. The van der Waals surface area contributed by atoms with Crippen LogP contribution >= 0.6 is 0 Å². The Kier molecular flexibility index (Phi) is 6.34. The van der Waals surface area contributed by atoms with Gasteiger partial charge in [-0.3, -0.25) is 0 Å². The summed E-state index contributed by atoms with van der Waals surface area (Å²) in [5, 5.41) is 4.06. The SMILES string of the molecule is CCCn1ccc2cc(S(=O)(=O)N3CCN(C(=O)NC4CCCCC4)CC3)ccc21. The Morgan fingerprint density at radius 1 is 1.07 bits per heavy atom. The molecule has 7 nitrogen and oxygen atoms in total. The Labute approximate surface area is 179 Å². The number of nitrogens with one attached hydrogen (secondary N) is 1. The Balaban J connectivity index is 1.39. The van der Waals surface area contributed by atoms with Crippen LogP contribution in [0.25, 0.3) is 10.9 Å². The van der Waals surface area contributed by atoms with E-state index in [2.05, 4.69) is 16.8 Å². The number of benzene rings is 1. The molecule has 1 aromatic carbocycles. The number of hydrogen-bond donors (Lipinski definition) is 1. The van der Waals surface area contributed by atoms with Gasteiger partial charge in [0.25, 0.3) is 0 Å². The lowest BCUT2D eigenvalue weighted by Gasteiger charge is -2.35. The number of aromatic nitrogens is 1. The molecule has 164 valence electrons. The van der Waals surface area contributed by atoms with Gasteiger partial charge < -0.3 is 14.8 Å². The molecule has 2 aliphatic rings. The summed E-state index contributed by atoms with van der Waals surface area (Å²) in [7, 11) is -3.57. The van der Waals surface area contributed by atoms with Crippen molar-refractivity contribution in [3.05, 3.63) is 30.5 Å². The number of amides is 2. The molecule has 4 rings (SSSR count). The molecule has 0 atom stereocenters. The molecule has 1 aliphatic heterocycles. The predicted octanol–water partition coefficient (Wildman–Crippen LogP) is 3.40. The maximum atomic E-state index is 13.2. The summed E-state index contributed by atoms with van der Waals surface area (Å²) in [5.74, 6) is 0. The molecule has 2 heterocycles. The van der Waals surface area contributed by atoms with Crippen LogP contribution < -0.4 is 5.32 Å². The predicted molar refractivity (Wildman–Crippen MR) is 118 cm³/mol. The summed E-state index contributed by atoms with van der Waals surface area (Å²) in [6.07, 6.45) is 8.71. The molecule has 30 heavy (non-hydrogen) atoms. The standard InChI is InChI=1S/C22H32N4O3S/c1-2-11-24-12-10-18-17-20(8-9-21(18)24)30(28,29)26-15-13-25(14-16-26)22(27)23-19-6-4-3-5-7-19/h8-10,12,17,19H,2-7,11,13-16H2,1H3,(H,23,27). The molecule has 1 aliphatic carbocycles. The number of carbonyl (C=O) groups excluding carboxylic acids is 1. The highest BCUT2D eigenvalue weighted by Gasteiger charge is 2.31. The largest absolute Gasteiger partial charge is 0.347 e. The van der Waals surface area contributed by atoms with Crippen molar-refractivity contribution in [1.82, 2.24) is 19.1 Å². The zero-order valence-corrected chi connectivity index (χ0v) is 18.5. The molecule has 1 N–H and O–H groups in total. The van der Waals surface area contributed by atoms with Crippen molar-refractivity contribution in [2.45, 2.75) is 62.9 Å². The van der Waals surface area contributed by atoms with Gasteiger partial charge in [-0.15, -0.1) is 0 Å². The van der Waals surface area contributed by atoms with E-state index < -0.39 is 10.0 Å². The number of piperazine rings is 1. The molecule has 0 radical (unpaired) electrons. The lowest BCUT2D eigenvalue weighted by molar-refractivity contribution is 0.166. The van der Waals surface area contributed by atoms with Crippen molar-refractivity contribution in [2.24, 2.45) is 0 Å². The minimum Gasteiger partial charge on any atom is -0.347 e. The summed E-state index contributed by atoms with van der Waals surface area (Å²) in [6.45, 7) is 4.55. The second-order valence-electron chi connectivity index (χ2n) is 8.41. The van der Waals surface area contributed by atoms with Gasteiger partial charge in [0, 0.05) is 55.9 Å². The number of nitrogens with zero attached hydrogens (tertiary/aromatic N) is 3. The van der Waals surface area contributed by atoms with Gasteiger partial charge in [-0.25, -0.2) is 13.2 Å². The van der Waals surface area contributed by atoms with E-state index in [0.29, 0.717) is 31.1 Å². The molecule has 0 unspecified atom stereocenters. The average Bonchev–Trinajstić information content (AvgIpc) is 3.17. The molecule has 8 heteroatoms. The molecule has 2 amide bonds. The van der Waals surface area contributed by atoms with Gasteiger partial charge in [-0.2, -0.15) is 4.31 Å². The Morgan fingerprint density at radius 3 is 2.50 bits per heavy atom. The van der Waals surface area contributed by atoms with Crippen molar-refractivity contribution >= 4 is 27.0 Å². The van der Waals surface area contributed by atoms with E-state index in [1.165, 1.54) is 23.6 Å². The van der Waals surface area contributed by atoms with Crippen molar-refractivity contribution in [3.63, 3.8) is 0 Å². The van der Waals surface area contributed by atoms with E-state index in [-0.39, 0.29) is 12.1 Å². The monoisotopic (exact) mass is 432 g/mol. The molecule has 2 aromatic rings. The van der Waals surface area contributed by atoms with Crippen LogP contribution in [0.15, 0.2) is 35.4 Å². The van der Waals surface area contributed by atoms with E-state index in [4.69, 9.17) is 0 Å². The third-order valence-electron chi connectivity index (χ3n) is 6.30. The third-order valence-corrected chi connectivity index (χ3v) is 8.20. The quantitative estimate of drug-likeness (QED) is 0.787. The van der Waals surface area contributed by atoms with Crippen LogP contribution in [0.2, 0.25) is 0 Å². The first-order valence-corrected chi connectivity index (χ1v) is 12.6. The fourth-order valence-corrected chi connectivity index (χ4v) is 6.03. The van der Waals surface area contributed by atoms with Crippen molar-refractivity contribution in [2.75, 3.05) is 26.2 Å². The van der Waals surface area contributed by atoms with Crippen molar-refractivity contribution < 1.29 is 13.2 Å². The zero-order chi connectivity index (χ0) is 21.1. The lowest BCUT2D eigenvalue weighted by Crippen LogP contribution is -2.54. The molecule has 1 saturated carbocycles. The highest BCUT2D eigenvalue weighted by Crippen LogP contribution is 2.24. The number of fused-ring (bicyclic) bond motifs is 1. The Morgan fingerprint density at radius 2 is 1.80 bits per heavy atom. The summed E-state index contributed by atoms with van der Waals surface area (Å²) >= 11 is 0. The van der Waals surface area contributed by atoms with Gasteiger partial charge in [0.1, 0.15) is 0 Å². The molecule has 0 spiro atoms. The molecule has 0 bridgehead atoms. The summed E-state index contributed by atoms with van der Waals surface area (Å²) < 4.78 is 30.0. The zero-order valence-electron chi connectivity index (χ0n) is 17.7. The summed E-state index contributed by atoms with van der Waals surface area (Å²) in [5.41, 5.74) is 1.06. The van der Waals surface area contributed by atoms with Gasteiger partial charge in [0.05, 0.1) is 4.90 Å². The molecular weight excluding hydrogens is 400 g/mol. The Hall–Kier alpha value is -2.06. The average molecular weight is 433 g/mol. The van der Waals surface area contributed by atoms with Gasteiger partial charge in [0.15, 0.2) is 0 Å². The molecule has 2 fully saturated rings. The smallest absolute Gasteiger partial charge is 0.317 e. The van der Waals surface area contributed by atoms with Gasteiger partial charge in [-0.05, 0) is 43.5 Å². The van der Waals surface area contributed by atoms with E-state index in [0.717, 1.165) is 36.7 Å². The highest BCUT2D eigenvalue weighted by atomic mass is 32.2. The first-order chi connectivity index (χ1) is 14.5. The maximum Gasteiger partial charge on any atom is 0.317 e. The second kappa shape index (κ2) is 8.98. The molecule has 1 aromatic heterocycles. The van der Waals surface area contributed by atoms with E-state index in [1.807, 2.05) is 18.3 Å². The summed E-state index contributed by atoms with van der Waals surface area (Å²) in [6, 6.07) is 7.53. The fourth-order valence-electron chi connectivity index (χ4n) is 4.57. The molecule has 1 saturated heterocycles. The number of sulfonamides is 1. The minimum absolute atomic E-state index is 0.0577. The Bertz CT molecular complexity index is 987. The first kappa shape index (κ1) is 21.2. The first-order valence-electron chi connectivity index (χ1n) is 11.1. The lowest BCUT2D eigenvalue weighted by atomic mass is 9.96. The fraction of sp³-hybridized carbons (Fsp3) is 0.591. The normalized spacial score (nSPS) is 19.3. The second-order valence-corrected chi connectivity index (χ2v) is 10.3. The van der Waals surface area contributed by atoms with Crippen molar-refractivity contribution in [3.8, 4) is 0 Å². The van der Waals surface area contributed by atoms with E-state index in [9.17, 15) is 13.2 Å². The van der Waals surface area contributed by atoms with Crippen LogP contribution in [0.3, 0.4) is 0 Å². The van der Waals surface area contributed by atoms with Gasteiger partial charge >= 0.3 is 6.03 Å². The number of hydrogen-bond acceptors (Lipinski definition) is 3. The van der Waals surface area contributed by atoms with Crippen LogP contribution in [0.4, 0.5) is 4.79 Å². The maximum absolute atomic E-state index is 13.2. The van der Waals surface area contributed by atoms with Gasteiger partial charge in [-0.1, -0.05) is 26.2 Å². The number of aryl methyl sites for hydroxylation is 1. The number of carbonyl (C=O) groups is 1. The van der Waals surface area contributed by atoms with Crippen LogP contribution in [-0.4, -0.2) is 60.4 Å². The van der Waals surface area contributed by atoms with Crippen LogP contribution in [0.5, 0.6) is 0 Å². The van der Waals surface area contributed by atoms with Gasteiger partial charge in [0.2, 0.25) is 10.0 Å². The number of urea groups is 1. The van der Waals surface area contributed by atoms with Crippen molar-refractivity contribution in [1.29, 1.82) is 0 Å². The topological polar surface area (TPSA) is 74.7 Å². The number of rotatable bonds is 5. The van der Waals surface area contributed by atoms with E-state index >= 15 is 0 Å².